The van der Waals surface area contributed by atoms with Gasteiger partial charge in [-0.15, -0.1) is 0 Å². The van der Waals surface area contributed by atoms with Crippen LogP contribution in [0.15, 0.2) is 54.9 Å². The second-order valence-corrected chi connectivity index (χ2v) is 5.66. The maximum absolute atomic E-state index is 12.1. The standard InChI is InChI=1S/C18H21N3O2/c22-18(23-15-16-5-2-1-3-6-16)21-11-9-20(10-12-21)14-17-7-4-8-19-13-17/h1-8,13H,9-12,14-15H2. The molecule has 0 N–H and O–H groups in total. The van der Waals surface area contributed by atoms with Gasteiger partial charge in [-0.25, -0.2) is 4.79 Å². The first-order valence-corrected chi connectivity index (χ1v) is 7.88. The quantitative estimate of drug-likeness (QED) is 0.870. The number of pyridine rings is 1. The fraction of sp³-hybridized carbons (Fsp3) is 0.333. The van der Waals surface area contributed by atoms with E-state index in [9.17, 15) is 4.79 Å². The summed E-state index contributed by atoms with van der Waals surface area (Å²) in [4.78, 5) is 20.4. The lowest BCUT2D eigenvalue weighted by atomic mass is 10.2. The van der Waals surface area contributed by atoms with Gasteiger partial charge >= 0.3 is 6.09 Å². The van der Waals surface area contributed by atoms with Crippen LogP contribution >= 0.6 is 0 Å². The molecule has 0 saturated carbocycles. The number of carbonyl (C=O) groups is 1. The van der Waals surface area contributed by atoms with E-state index in [1.54, 1.807) is 11.1 Å². The molecule has 0 aliphatic carbocycles. The summed E-state index contributed by atoms with van der Waals surface area (Å²) in [6.45, 7) is 4.32. The first kappa shape index (κ1) is 15.5. The van der Waals surface area contributed by atoms with E-state index in [0.29, 0.717) is 19.7 Å². The summed E-state index contributed by atoms with van der Waals surface area (Å²) in [6, 6.07) is 13.8. The lowest BCUT2D eigenvalue weighted by molar-refractivity contribution is 0.0700. The first-order valence-electron chi connectivity index (χ1n) is 7.88. The molecule has 3 rings (SSSR count). The number of amides is 1. The van der Waals surface area contributed by atoms with E-state index >= 15 is 0 Å². The van der Waals surface area contributed by atoms with Gasteiger partial charge in [0, 0.05) is 45.1 Å². The molecule has 1 saturated heterocycles. The van der Waals surface area contributed by atoms with Gasteiger partial charge in [-0.3, -0.25) is 9.88 Å². The van der Waals surface area contributed by atoms with Crippen LogP contribution in [-0.2, 0) is 17.9 Å². The number of rotatable bonds is 4. The van der Waals surface area contributed by atoms with Crippen LogP contribution in [0.1, 0.15) is 11.1 Å². The molecular weight excluding hydrogens is 290 g/mol. The highest BCUT2D eigenvalue weighted by atomic mass is 16.6. The van der Waals surface area contributed by atoms with Crippen molar-refractivity contribution < 1.29 is 9.53 Å². The van der Waals surface area contributed by atoms with E-state index in [1.807, 2.05) is 42.6 Å². The molecule has 0 bridgehead atoms. The van der Waals surface area contributed by atoms with Gasteiger partial charge in [0.15, 0.2) is 0 Å². The topological polar surface area (TPSA) is 45.7 Å². The third-order valence-corrected chi connectivity index (χ3v) is 3.96. The van der Waals surface area contributed by atoms with Gasteiger partial charge in [0.2, 0.25) is 0 Å². The summed E-state index contributed by atoms with van der Waals surface area (Å²) in [5.41, 5.74) is 2.21. The second kappa shape index (κ2) is 7.74. The third kappa shape index (κ3) is 4.53. The van der Waals surface area contributed by atoms with Crippen LogP contribution < -0.4 is 0 Å². The molecule has 120 valence electrons. The number of benzene rings is 1. The Morgan fingerprint density at radius 2 is 1.74 bits per heavy atom. The number of nitrogens with zero attached hydrogens (tertiary/aromatic N) is 3. The fourth-order valence-electron chi connectivity index (χ4n) is 2.65. The monoisotopic (exact) mass is 311 g/mol. The largest absolute Gasteiger partial charge is 0.445 e. The van der Waals surface area contributed by atoms with Crippen molar-refractivity contribution in [2.75, 3.05) is 26.2 Å². The molecule has 2 aromatic rings. The van der Waals surface area contributed by atoms with Crippen LogP contribution in [0, 0.1) is 0 Å². The Morgan fingerprint density at radius 1 is 1.00 bits per heavy atom. The Hall–Kier alpha value is -2.40. The van der Waals surface area contributed by atoms with Crippen molar-refractivity contribution in [2.24, 2.45) is 0 Å². The van der Waals surface area contributed by atoms with Crippen LogP contribution in [0.5, 0.6) is 0 Å². The van der Waals surface area contributed by atoms with Crippen molar-refractivity contribution in [1.82, 2.24) is 14.8 Å². The summed E-state index contributed by atoms with van der Waals surface area (Å²) in [5.74, 6) is 0. The van der Waals surface area contributed by atoms with Gasteiger partial charge in [0.1, 0.15) is 6.61 Å². The van der Waals surface area contributed by atoms with Crippen LogP contribution in [-0.4, -0.2) is 47.1 Å². The number of hydrogen-bond donors (Lipinski definition) is 0. The number of hydrogen-bond acceptors (Lipinski definition) is 4. The van der Waals surface area contributed by atoms with Crippen molar-refractivity contribution in [3.63, 3.8) is 0 Å². The van der Waals surface area contributed by atoms with Gasteiger partial charge < -0.3 is 9.64 Å². The van der Waals surface area contributed by atoms with Crippen molar-refractivity contribution in [1.29, 1.82) is 0 Å². The van der Waals surface area contributed by atoms with Crippen LogP contribution in [0.2, 0.25) is 0 Å². The fourth-order valence-corrected chi connectivity index (χ4v) is 2.65. The normalized spacial score (nSPS) is 15.4. The molecule has 1 aromatic heterocycles. The van der Waals surface area contributed by atoms with Crippen LogP contribution in [0.25, 0.3) is 0 Å². The average molecular weight is 311 g/mol. The third-order valence-electron chi connectivity index (χ3n) is 3.96. The maximum Gasteiger partial charge on any atom is 0.410 e. The first-order chi connectivity index (χ1) is 11.3. The predicted molar refractivity (Wildman–Crippen MR) is 87.7 cm³/mol. The van der Waals surface area contributed by atoms with Gasteiger partial charge in [0.05, 0.1) is 0 Å². The minimum atomic E-state index is -0.227. The SMILES string of the molecule is O=C(OCc1ccccc1)N1CCN(Cc2cccnc2)CC1. The Kier molecular flexibility index (Phi) is 5.21. The highest BCUT2D eigenvalue weighted by molar-refractivity contribution is 5.67. The maximum atomic E-state index is 12.1. The summed E-state index contributed by atoms with van der Waals surface area (Å²) < 4.78 is 5.38. The number of piperazine rings is 1. The summed E-state index contributed by atoms with van der Waals surface area (Å²) in [5, 5.41) is 0. The van der Waals surface area contributed by atoms with E-state index in [0.717, 1.165) is 25.2 Å². The molecule has 5 nitrogen and oxygen atoms in total. The minimum Gasteiger partial charge on any atom is -0.445 e. The zero-order valence-electron chi connectivity index (χ0n) is 13.1. The molecule has 1 aliphatic rings. The molecule has 0 spiro atoms. The summed E-state index contributed by atoms with van der Waals surface area (Å²) >= 11 is 0. The Morgan fingerprint density at radius 3 is 2.43 bits per heavy atom. The highest BCUT2D eigenvalue weighted by Crippen LogP contribution is 2.09. The Balaban J connectivity index is 1.42. The van der Waals surface area contributed by atoms with Gasteiger partial charge in [0.25, 0.3) is 0 Å². The summed E-state index contributed by atoms with van der Waals surface area (Å²) in [7, 11) is 0. The van der Waals surface area contributed by atoms with Gasteiger partial charge in [-0.1, -0.05) is 36.4 Å². The molecule has 0 atom stereocenters. The number of carbonyl (C=O) groups excluding carboxylic acids is 1. The molecule has 0 unspecified atom stereocenters. The molecule has 1 amide bonds. The zero-order valence-corrected chi connectivity index (χ0v) is 13.1. The van der Waals surface area contributed by atoms with Crippen LogP contribution in [0.4, 0.5) is 4.79 Å². The smallest absolute Gasteiger partial charge is 0.410 e. The lowest BCUT2D eigenvalue weighted by Crippen LogP contribution is -2.48. The highest BCUT2D eigenvalue weighted by Gasteiger charge is 2.22. The van der Waals surface area contributed by atoms with E-state index in [1.165, 1.54) is 5.56 Å². The van der Waals surface area contributed by atoms with Crippen molar-refractivity contribution in [3.8, 4) is 0 Å². The zero-order chi connectivity index (χ0) is 15.9. The molecule has 1 aliphatic heterocycles. The predicted octanol–water partition coefficient (Wildman–Crippen LogP) is 2.54. The molecule has 0 radical (unpaired) electrons. The van der Waals surface area contributed by atoms with E-state index < -0.39 is 0 Å². The van der Waals surface area contributed by atoms with Gasteiger partial charge in [-0.2, -0.15) is 0 Å². The number of ether oxygens (including phenoxy) is 1. The number of aromatic nitrogens is 1. The molecule has 5 heteroatoms. The molecule has 1 aromatic carbocycles. The minimum absolute atomic E-state index is 0.227. The van der Waals surface area contributed by atoms with Crippen molar-refractivity contribution in [2.45, 2.75) is 13.2 Å². The van der Waals surface area contributed by atoms with Gasteiger partial charge in [-0.05, 0) is 17.2 Å². The Bertz CT molecular complexity index is 611. The van der Waals surface area contributed by atoms with E-state index in [4.69, 9.17) is 4.74 Å². The van der Waals surface area contributed by atoms with E-state index in [-0.39, 0.29) is 6.09 Å². The molecule has 2 heterocycles. The van der Waals surface area contributed by atoms with Crippen LogP contribution in [0.3, 0.4) is 0 Å². The lowest BCUT2D eigenvalue weighted by Gasteiger charge is -2.34. The molecule has 23 heavy (non-hydrogen) atoms. The molecular formula is C18H21N3O2. The van der Waals surface area contributed by atoms with E-state index in [2.05, 4.69) is 16.0 Å². The van der Waals surface area contributed by atoms with Crippen molar-refractivity contribution >= 4 is 6.09 Å². The Labute approximate surface area is 136 Å². The van der Waals surface area contributed by atoms with Crippen molar-refractivity contribution in [3.05, 3.63) is 66.0 Å². The average Bonchev–Trinajstić information content (AvgIpc) is 2.62. The second-order valence-electron chi connectivity index (χ2n) is 5.66. The molecule has 1 fully saturated rings. The summed E-state index contributed by atoms with van der Waals surface area (Å²) in [6.07, 6.45) is 3.44.